The summed E-state index contributed by atoms with van der Waals surface area (Å²) in [5.41, 5.74) is 12.3. The molecule has 0 amide bonds. The predicted molar refractivity (Wildman–Crippen MR) is 225 cm³/mol. The fourth-order valence-electron chi connectivity index (χ4n) is 7.85. The number of rotatable bonds is 6. The van der Waals surface area contributed by atoms with Crippen molar-refractivity contribution in [1.82, 2.24) is 19.4 Å². The van der Waals surface area contributed by atoms with E-state index >= 15 is 0 Å². The van der Waals surface area contributed by atoms with E-state index in [1.807, 2.05) is 12.1 Å². The molecule has 0 aliphatic carbocycles. The van der Waals surface area contributed by atoms with Gasteiger partial charge in [0.05, 0.1) is 11.0 Å². The molecule has 0 N–H and O–H groups in total. The van der Waals surface area contributed by atoms with Crippen molar-refractivity contribution in [2.45, 2.75) is 0 Å². The maximum Gasteiger partial charge on any atom is 0.164 e. The first-order valence-corrected chi connectivity index (χ1v) is 19.0. The maximum atomic E-state index is 5.13. The molecule has 4 heterocycles. The lowest BCUT2D eigenvalue weighted by molar-refractivity contribution is 1.07. The number of para-hydroxylation sites is 1. The Morgan fingerprint density at radius 3 is 1.44 bits per heavy atom. The van der Waals surface area contributed by atoms with Crippen molar-refractivity contribution < 1.29 is 0 Å². The van der Waals surface area contributed by atoms with Crippen molar-refractivity contribution in [2.24, 2.45) is 0 Å². The Bertz CT molecular complexity index is 3030. The first-order chi connectivity index (χ1) is 26.7. The summed E-state index contributed by atoms with van der Waals surface area (Å²) in [6, 6.07) is 62.1. The van der Waals surface area contributed by atoms with Crippen molar-refractivity contribution >= 4 is 48.7 Å². The van der Waals surface area contributed by atoms with Crippen molar-refractivity contribution in [3.63, 3.8) is 0 Å². The average molecular weight is 707 g/mol. The van der Waals surface area contributed by atoms with Gasteiger partial charge in [0.15, 0.2) is 17.5 Å². The largest absolute Gasteiger partial charge is 0.300 e. The van der Waals surface area contributed by atoms with Crippen molar-refractivity contribution in [3.05, 3.63) is 181 Å². The van der Waals surface area contributed by atoms with Crippen LogP contribution in [0.25, 0.3) is 105 Å². The molecule has 5 heteroatoms. The van der Waals surface area contributed by atoms with E-state index in [1.54, 1.807) is 11.3 Å². The van der Waals surface area contributed by atoms with Gasteiger partial charge in [-0.3, -0.25) is 4.40 Å². The lowest BCUT2D eigenvalue weighted by atomic mass is 9.98. The number of benzene rings is 7. The molecular weight excluding hydrogens is 677 g/mol. The summed E-state index contributed by atoms with van der Waals surface area (Å²) in [7, 11) is 0. The summed E-state index contributed by atoms with van der Waals surface area (Å²) in [6.45, 7) is 0. The Morgan fingerprint density at radius 1 is 0.333 bits per heavy atom. The van der Waals surface area contributed by atoms with Gasteiger partial charge in [0.1, 0.15) is 4.83 Å². The summed E-state index contributed by atoms with van der Waals surface area (Å²) < 4.78 is 2.44. The normalized spacial score (nSPS) is 11.7. The molecule has 7 aromatic carbocycles. The van der Waals surface area contributed by atoms with Gasteiger partial charge in [0.2, 0.25) is 0 Å². The first-order valence-electron chi connectivity index (χ1n) is 18.1. The van der Waals surface area contributed by atoms with Gasteiger partial charge in [-0.15, -0.1) is 11.3 Å². The second-order valence-electron chi connectivity index (χ2n) is 13.7. The smallest absolute Gasteiger partial charge is 0.164 e. The second kappa shape index (κ2) is 12.3. The van der Waals surface area contributed by atoms with E-state index in [1.165, 1.54) is 54.1 Å². The highest BCUT2D eigenvalue weighted by Crippen LogP contribution is 2.43. The summed E-state index contributed by atoms with van der Waals surface area (Å²) >= 11 is 1.80. The van der Waals surface area contributed by atoms with E-state index in [0.717, 1.165) is 33.4 Å². The molecule has 0 unspecified atom stereocenters. The highest BCUT2D eigenvalue weighted by molar-refractivity contribution is 7.17. The third-order valence-electron chi connectivity index (χ3n) is 10.5. The van der Waals surface area contributed by atoms with Crippen molar-refractivity contribution in [1.29, 1.82) is 0 Å². The molecule has 0 aliphatic heterocycles. The minimum Gasteiger partial charge on any atom is -0.300 e. The van der Waals surface area contributed by atoms with Crippen LogP contribution in [0, 0.1) is 0 Å². The third kappa shape index (κ3) is 5.01. The zero-order chi connectivity index (χ0) is 35.6. The molecule has 11 rings (SSSR count). The van der Waals surface area contributed by atoms with Gasteiger partial charge in [-0.25, -0.2) is 15.0 Å². The summed E-state index contributed by atoms with van der Waals surface area (Å²) in [6.07, 6.45) is 0. The number of nitrogens with zero attached hydrogens (tertiary/aromatic N) is 4. The Morgan fingerprint density at radius 2 is 0.815 bits per heavy atom. The molecule has 0 aliphatic rings. The van der Waals surface area contributed by atoms with Crippen LogP contribution in [-0.4, -0.2) is 19.4 Å². The molecule has 0 fully saturated rings. The van der Waals surface area contributed by atoms with Crippen LogP contribution < -0.4 is 0 Å². The molecule has 0 atom stereocenters. The van der Waals surface area contributed by atoms with Gasteiger partial charge in [0.25, 0.3) is 0 Å². The van der Waals surface area contributed by atoms with Gasteiger partial charge in [-0.2, -0.15) is 0 Å². The number of hydrogen-bond acceptors (Lipinski definition) is 4. The molecule has 0 saturated carbocycles. The topological polar surface area (TPSA) is 43.1 Å². The van der Waals surface area contributed by atoms with E-state index in [0.29, 0.717) is 17.5 Å². The third-order valence-corrected chi connectivity index (χ3v) is 11.4. The molecule has 4 nitrogen and oxygen atoms in total. The number of hydrogen-bond donors (Lipinski definition) is 0. The van der Waals surface area contributed by atoms with E-state index in [2.05, 4.69) is 174 Å². The number of thiophene rings is 1. The summed E-state index contributed by atoms with van der Waals surface area (Å²) in [5, 5.41) is 7.32. The fraction of sp³-hybridized carbons (Fsp3) is 0. The molecular formula is C49H30N4S. The standard InChI is InChI=1S/C49H30N4S/c1-3-10-31(11-4-1)33-18-22-35(23-19-33)46-50-47(36-24-20-34(21-25-36)32-12-5-2-6-13-32)52-48(51-46)38-15-9-14-37(28-38)39-29-42-40-16-7-8-17-44(40)53-45(42)43(30-39)41-26-27-54-49(41)53/h1-30H. The Kier molecular flexibility index (Phi) is 7.00. The minimum atomic E-state index is 0.637. The number of aromatic nitrogens is 4. The quantitative estimate of drug-likeness (QED) is 0.173. The first kappa shape index (κ1) is 30.7. The predicted octanol–water partition coefficient (Wildman–Crippen LogP) is 13.1. The van der Waals surface area contributed by atoms with E-state index in [9.17, 15) is 0 Å². The zero-order valence-corrected chi connectivity index (χ0v) is 29.8. The zero-order valence-electron chi connectivity index (χ0n) is 29.0. The summed E-state index contributed by atoms with van der Waals surface area (Å²) in [4.78, 5) is 16.6. The molecule has 252 valence electrons. The Hall–Kier alpha value is -6.95. The van der Waals surface area contributed by atoms with Crippen LogP contribution in [0.5, 0.6) is 0 Å². The lowest BCUT2D eigenvalue weighted by Crippen LogP contribution is -2.00. The molecule has 11 aromatic rings. The van der Waals surface area contributed by atoms with Crippen LogP contribution in [0.3, 0.4) is 0 Å². The summed E-state index contributed by atoms with van der Waals surface area (Å²) in [5.74, 6) is 1.91. The van der Waals surface area contributed by atoms with Crippen molar-refractivity contribution in [2.75, 3.05) is 0 Å². The van der Waals surface area contributed by atoms with Gasteiger partial charge >= 0.3 is 0 Å². The Labute approximate surface area is 315 Å². The van der Waals surface area contributed by atoms with Crippen LogP contribution >= 0.6 is 11.3 Å². The van der Waals surface area contributed by atoms with Gasteiger partial charge < -0.3 is 0 Å². The van der Waals surface area contributed by atoms with Crippen LogP contribution in [0.4, 0.5) is 0 Å². The molecule has 54 heavy (non-hydrogen) atoms. The average Bonchev–Trinajstić information content (AvgIpc) is 3.95. The van der Waals surface area contributed by atoms with Crippen LogP contribution in [0.2, 0.25) is 0 Å². The van der Waals surface area contributed by atoms with Gasteiger partial charge in [-0.1, -0.05) is 146 Å². The monoisotopic (exact) mass is 706 g/mol. The van der Waals surface area contributed by atoms with E-state index in [-0.39, 0.29) is 0 Å². The molecule has 0 bridgehead atoms. The highest BCUT2D eigenvalue weighted by atomic mass is 32.1. The second-order valence-corrected chi connectivity index (χ2v) is 14.6. The SMILES string of the molecule is c1ccc(-c2ccc(-c3nc(-c4ccc(-c5ccccc5)cc4)nc(-c4cccc(-c5cc6c7ccccc7n7c8sccc8c(c5)c67)c4)n3)cc2)cc1. The van der Waals surface area contributed by atoms with E-state index in [4.69, 9.17) is 15.0 Å². The Balaban J connectivity index is 1.05. The molecule has 4 aromatic heterocycles. The van der Waals surface area contributed by atoms with Crippen LogP contribution in [0.15, 0.2) is 181 Å². The fourth-order valence-corrected chi connectivity index (χ4v) is 8.78. The van der Waals surface area contributed by atoms with Crippen molar-refractivity contribution in [3.8, 4) is 67.5 Å². The number of fused-ring (bicyclic) bond motifs is 6. The van der Waals surface area contributed by atoms with Crippen LogP contribution in [0.1, 0.15) is 0 Å². The minimum absolute atomic E-state index is 0.637. The maximum absolute atomic E-state index is 5.13. The molecule has 0 saturated heterocycles. The van der Waals surface area contributed by atoms with Gasteiger partial charge in [0, 0.05) is 38.2 Å². The van der Waals surface area contributed by atoms with Gasteiger partial charge in [-0.05, 0) is 69.1 Å². The molecule has 0 spiro atoms. The highest BCUT2D eigenvalue weighted by Gasteiger charge is 2.20. The van der Waals surface area contributed by atoms with E-state index < -0.39 is 0 Å². The van der Waals surface area contributed by atoms with Crippen LogP contribution in [-0.2, 0) is 0 Å². The lowest BCUT2D eigenvalue weighted by Gasteiger charge is -2.11. The molecule has 0 radical (unpaired) electrons.